The standard InChI is InChI=1S/C21H16N4OS/c1-13-12-14-6-2-4-8-16(14)25(13)21(26)19-18(22-10-11-23-19)20-24-15-7-3-5-9-17(15)27-20/h2-11,13H,12H2,1H3/t13-/m1/s1. The van der Waals surface area contributed by atoms with Crippen LogP contribution in [0.3, 0.4) is 0 Å². The van der Waals surface area contributed by atoms with Gasteiger partial charge in [-0.05, 0) is 37.1 Å². The van der Waals surface area contributed by atoms with Crippen molar-refractivity contribution in [2.45, 2.75) is 19.4 Å². The van der Waals surface area contributed by atoms with Crippen LogP contribution in [0.2, 0.25) is 0 Å². The number of para-hydroxylation sites is 2. The molecule has 5 nitrogen and oxygen atoms in total. The molecule has 0 bridgehead atoms. The van der Waals surface area contributed by atoms with Crippen molar-refractivity contribution in [3.05, 3.63) is 72.2 Å². The highest BCUT2D eigenvalue weighted by Crippen LogP contribution is 2.35. The summed E-state index contributed by atoms with van der Waals surface area (Å²) in [4.78, 5) is 28.8. The summed E-state index contributed by atoms with van der Waals surface area (Å²) in [5.74, 6) is -0.130. The van der Waals surface area contributed by atoms with Gasteiger partial charge in [0.15, 0.2) is 5.69 Å². The molecule has 5 rings (SSSR count). The first kappa shape index (κ1) is 16.1. The van der Waals surface area contributed by atoms with E-state index in [0.717, 1.165) is 22.3 Å². The van der Waals surface area contributed by atoms with E-state index in [1.165, 1.54) is 16.9 Å². The van der Waals surface area contributed by atoms with Crippen molar-refractivity contribution < 1.29 is 4.79 Å². The van der Waals surface area contributed by atoms with Crippen molar-refractivity contribution in [1.29, 1.82) is 0 Å². The summed E-state index contributed by atoms with van der Waals surface area (Å²) in [6, 6.07) is 16.0. The zero-order valence-corrected chi connectivity index (χ0v) is 15.5. The molecule has 1 atom stereocenters. The van der Waals surface area contributed by atoms with Gasteiger partial charge in [0.2, 0.25) is 0 Å². The number of carbonyl (C=O) groups excluding carboxylic acids is 1. The molecule has 1 aliphatic heterocycles. The number of carbonyl (C=O) groups is 1. The minimum Gasteiger partial charge on any atom is -0.304 e. The third kappa shape index (κ3) is 2.61. The zero-order valence-electron chi connectivity index (χ0n) is 14.7. The van der Waals surface area contributed by atoms with Crippen LogP contribution in [0.4, 0.5) is 5.69 Å². The molecular weight excluding hydrogens is 356 g/mol. The Morgan fingerprint density at radius 2 is 1.85 bits per heavy atom. The van der Waals surface area contributed by atoms with E-state index in [9.17, 15) is 4.79 Å². The van der Waals surface area contributed by atoms with Crippen LogP contribution in [-0.2, 0) is 6.42 Å². The Hall–Kier alpha value is -3.12. The summed E-state index contributed by atoms with van der Waals surface area (Å²) >= 11 is 1.53. The lowest BCUT2D eigenvalue weighted by Crippen LogP contribution is -2.36. The van der Waals surface area contributed by atoms with Crippen LogP contribution in [-0.4, -0.2) is 26.9 Å². The number of fused-ring (bicyclic) bond motifs is 2. The van der Waals surface area contributed by atoms with E-state index < -0.39 is 0 Å². The number of anilines is 1. The largest absolute Gasteiger partial charge is 0.304 e. The molecule has 0 saturated heterocycles. The Bertz CT molecular complexity index is 1140. The predicted molar refractivity (Wildman–Crippen MR) is 107 cm³/mol. The monoisotopic (exact) mass is 372 g/mol. The van der Waals surface area contributed by atoms with Crippen LogP contribution in [0.5, 0.6) is 0 Å². The van der Waals surface area contributed by atoms with Crippen molar-refractivity contribution in [3.63, 3.8) is 0 Å². The summed E-state index contributed by atoms with van der Waals surface area (Å²) in [6.45, 7) is 2.06. The Labute approximate surface area is 160 Å². The molecule has 0 spiro atoms. The maximum Gasteiger partial charge on any atom is 0.279 e. The number of rotatable bonds is 2. The Morgan fingerprint density at radius 1 is 1.07 bits per heavy atom. The predicted octanol–water partition coefficient (Wildman–Crippen LogP) is 4.34. The van der Waals surface area contributed by atoms with Crippen molar-refractivity contribution in [1.82, 2.24) is 15.0 Å². The number of hydrogen-bond acceptors (Lipinski definition) is 5. The van der Waals surface area contributed by atoms with Gasteiger partial charge in [0.25, 0.3) is 5.91 Å². The molecule has 3 heterocycles. The van der Waals surface area contributed by atoms with Gasteiger partial charge in [0.1, 0.15) is 10.7 Å². The van der Waals surface area contributed by atoms with E-state index in [1.807, 2.05) is 47.4 Å². The molecule has 2 aromatic carbocycles. The second kappa shape index (κ2) is 6.25. The van der Waals surface area contributed by atoms with Gasteiger partial charge in [-0.3, -0.25) is 4.79 Å². The highest BCUT2D eigenvalue weighted by atomic mass is 32.1. The lowest BCUT2D eigenvalue weighted by Gasteiger charge is -2.22. The van der Waals surface area contributed by atoms with Gasteiger partial charge in [0, 0.05) is 24.1 Å². The fourth-order valence-electron chi connectivity index (χ4n) is 3.61. The Balaban J connectivity index is 1.61. The van der Waals surface area contributed by atoms with Crippen LogP contribution in [0.1, 0.15) is 23.0 Å². The molecule has 0 fully saturated rings. The second-order valence-electron chi connectivity index (χ2n) is 6.60. The number of amides is 1. The SMILES string of the molecule is C[C@@H]1Cc2ccccc2N1C(=O)c1nccnc1-c1nc2ccccc2s1. The highest BCUT2D eigenvalue weighted by molar-refractivity contribution is 7.21. The lowest BCUT2D eigenvalue weighted by molar-refractivity contribution is 0.0977. The molecule has 0 saturated carbocycles. The smallest absolute Gasteiger partial charge is 0.279 e. The van der Waals surface area contributed by atoms with E-state index in [4.69, 9.17) is 0 Å². The molecule has 0 aliphatic carbocycles. The van der Waals surface area contributed by atoms with Crippen molar-refractivity contribution in [2.75, 3.05) is 4.90 Å². The molecule has 1 aliphatic rings. The van der Waals surface area contributed by atoms with Crippen molar-refractivity contribution >= 4 is 33.1 Å². The number of hydrogen-bond donors (Lipinski definition) is 0. The molecular formula is C21H16N4OS. The average molecular weight is 372 g/mol. The van der Waals surface area contributed by atoms with E-state index in [0.29, 0.717) is 16.4 Å². The Morgan fingerprint density at radius 3 is 2.74 bits per heavy atom. The van der Waals surface area contributed by atoms with Crippen molar-refractivity contribution in [3.8, 4) is 10.7 Å². The lowest BCUT2D eigenvalue weighted by atomic mass is 10.1. The van der Waals surface area contributed by atoms with Gasteiger partial charge in [0.05, 0.1) is 10.2 Å². The molecule has 132 valence electrons. The molecule has 2 aromatic heterocycles. The topological polar surface area (TPSA) is 59.0 Å². The van der Waals surface area contributed by atoms with E-state index in [2.05, 4.69) is 27.9 Å². The minimum absolute atomic E-state index is 0.0834. The number of benzene rings is 2. The molecule has 0 radical (unpaired) electrons. The highest BCUT2D eigenvalue weighted by Gasteiger charge is 2.33. The summed E-state index contributed by atoms with van der Waals surface area (Å²) in [5, 5.41) is 0.716. The number of thiazole rings is 1. The van der Waals surface area contributed by atoms with Crippen LogP contribution < -0.4 is 4.90 Å². The number of aromatic nitrogens is 3. The fraction of sp³-hybridized carbons (Fsp3) is 0.143. The van der Waals surface area contributed by atoms with Crippen LogP contribution in [0.15, 0.2) is 60.9 Å². The van der Waals surface area contributed by atoms with E-state index in [-0.39, 0.29) is 11.9 Å². The maximum absolute atomic E-state index is 13.4. The molecule has 0 unspecified atom stereocenters. The van der Waals surface area contributed by atoms with Gasteiger partial charge in [-0.25, -0.2) is 15.0 Å². The third-order valence-electron chi connectivity index (χ3n) is 4.82. The summed E-state index contributed by atoms with van der Waals surface area (Å²) < 4.78 is 1.07. The third-order valence-corrected chi connectivity index (χ3v) is 5.87. The molecule has 0 N–H and O–H groups in total. The van der Waals surface area contributed by atoms with Gasteiger partial charge in [-0.15, -0.1) is 11.3 Å². The second-order valence-corrected chi connectivity index (χ2v) is 7.63. The first-order valence-corrected chi connectivity index (χ1v) is 9.62. The van der Waals surface area contributed by atoms with Gasteiger partial charge in [-0.2, -0.15) is 0 Å². The summed E-state index contributed by atoms with van der Waals surface area (Å²) in [7, 11) is 0. The maximum atomic E-state index is 13.4. The van der Waals surface area contributed by atoms with Gasteiger partial charge in [-0.1, -0.05) is 30.3 Å². The zero-order chi connectivity index (χ0) is 18.4. The first-order valence-electron chi connectivity index (χ1n) is 8.81. The Kier molecular flexibility index (Phi) is 3.72. The first-order chi connectivity index (χ1) is 13.2. The molecule has 1 amide bonds. The summed E-state index contributed by atoms with van der Waals surface area (Å²) in [5.41, 5.74) is 3.93. The van der Waals surface area contributed by atoms with Crippen LogP contribution in [0.25, 0.3) is 20.9 Å². The van der Waals surface area contributed by atoms with E-state index >= 15 is 0 Å². The van der Waals surface area contributed by atoms with Gasteiger partial charge >= 0.3 is 0 Å². The quantitative estimate of drug-likeness (QED) is 0.525. The molecule has 6 heteroatoms. The number of nitrogens with zero attached hydrogens (tertiary/aromatic N) is 4. The van der Waals surface area contributed by atoms with Crippen LogP contribution in [0, 0.1) is 0 Å². The average Bonchev–Trinajstić information content (AvgIpc) is 3.27. The minimum atomic E-state index is -0.130. The normalized spacial score (nSPS) is 15.9. The fourth-order valence-corrected chi connectivity index (χ4v) is 4.58. The summed E-state index contributed by atoms with van der Waals surface area (Å²) in [6.07, 6.45) is 4.02. The van der Waals surface area contributed by atoms with Gasteiger partial charge < -0.3 is 4.90 Å². The molecule has 27 heavy (non-hydrogen) atoms. The van der Waals surface area contributed by atoms with Crippen molar-refractivity contribution in [2.24, 2.45) is 0 Å². The van der Waals surface area contributed by atoms with Crippen LogP contribution >= 0.6 is 11.3 Å². The van der Waals surface area contributed by atoms with E-state index in [1.54, 1.807) is 12.4 Å². The molecule has 4 aromatic rings.